The molecule has 1 aliphatic carbocycles. The second-order valence-electron chi connectivity index (χ2n) is 5.71. The molecule has 1 aliphatic heterocycles. The van der Waals surface area contributed by atoms with Crippen molar-refractivity contribution in [3.63, 3.8) is 0 Å². The molecule has 1 heterocycles. The molecule has 0 aromatic heterocycles. The van der Waals surface area contributed by atoms with E-state index in [-0.39, 0.29) is 24.5 Å². The molecule has 0 bridgehead atoms. The molecule has 1 amide bonds. The lowest BCUT2D eigenvalue weighted by Crippen LogP contribution is -2.56. The number of rotatable bonds is 2. The fourth-order valence-corrected chi connectivity index (χ4v) is 2.95. The summed E-state index contributed by atoms with van der Waals surface area (Å²) in [5.41, 5.74) is 0. The zero-order chi connectivity index (χ0) is 13.1. The first kappa shape index (κ1) is 13.3. The van der Waals surface area contributed by atoms with E-state index in [1.54, 1.807) is 0 Å². The summed E-state index contributed by atoms with van der Waals surface area (Å²) in [6, 6.07) is -0.393. The van der Waals surface area contributed by atoms with Crippen LogP contribution in [0.2, 0.25) is 0 Å². The highest BCUT2D eigenvalue weighted by Crippen LogP contribution is 2.30. The van der Waals surface area contributed by atoms with Gasteiger partial charge >= 0.3 is 5.97 Å². The van der Waals surface area contributed by atoms with E-state index in [1.165, 1.54) is 6.42 Å². The number of amides is 1. The Labute approximate surface area is 108 Å². The standard InChI is InChI=1S/C13H22N2O3/c1-8-3-9(2)5-10(4-8)18-13(17)11-6-15-12(16)7-14-11/h8-11,14H,3-7H2,1-2H3,(H,15,16). The van der Waals surface area contributed by atoms with E-state index in [4.69, 9.17) is 4.74 Å². The predicted octanol–water partition coefficient (Wildman–Crippen LogP) is 0.442. The largest absolute Gasteiger partial charge is 0.461 e. The van der Waals surface area contributed by atoms with Gasteiger partial charge in [0.25, 0.3) is 0 Å². The molecule has 2 N–H and O–H groups in total. The van der Waals surface area contributed by atoms with Gasteiger partial charge in [-0.2, -0.15) is 0 Å². The first-order valence-electron chi connectivity index (χ1n) is 6.75. The third-order valence-electron chi connectivity index (χ3n) is 3.71. The highest BCUT2D eigenvalue weighted by Gasteiger charge is 2.30. The van der Waals surface area contributed by atoms with Crippen molar-refractivity contribution in [2.75, 3.05) is 13.1 Å². The molecule has 2 rings (SSSR count). The minimum absolute atomic E-state index is 0.0377. The maximum atomic E-state index is 12.0. The van der Waals surface area contributed by atoms with Gasteiger partial charge in [0.2, 0.25) is 5.91 Å². The van der Waals surface area contributed by atoms with Gasteiger partial charge < -0.3 is 10.1 Å². The van der Waals surface area contributed by atoms with Crippen LogP contribution >= 0.6 is 0 Å². The maximum absolute atomic E-state index is 12.0. The van der Waals surface area contributed by atoms with E-state index >= 15 is 0 Å². The van der Waals surface area contributed by atoms with Gasteiger partial charge in [-0.1, -0.05) is 13.8 Å². The van der Waals surface area contributed by atoms with Crippen LogP contribution in [0.1, 0.15) is 33.1 Å². The monoisotopic (exact) mass is 254 g/mol. The Morgan fingerprint density at radius 3 is 2.44 bits per heavy atom. The van der Waals surface area contributed by atoms with Crippen LogP contribution in [0, 0.1) is 11.8 Å². The molecule has 3 atom stereocenters. The summed E-state index contributed by atoms with van der Waals surface area (Å²) in [6.45, 7) is 4.93. The van der Waals surface area contributed by atoms with Crippen molar-refractivity contribution in [2.45, 2.75) is 45.3 Å². The highest BCUT2D eigenvalue weighted by atomic mass is 16.5. The number of ether oxygens (including phenoxy) is 1. The Kier molecular flexibility index (Phi) is 4.22. The number of carbonyl (C=O) groups is 2. The van der Waals surface area contributed by atoms with Gasteiger partial charge in [-0.25, -0.2) is 0 Å². The Morgan fingerprint density at radius 1 is 1.22 bits per heavy atom. The molecule has 2 fully saturated rings. The molecular formula is C13H22N2O3. The zero-order valence-electron chi connectivity index (χ0n) is 11.1. The minimum atomic E-state index is -0.393. The normalized spacial score (nSPS) is 36.9. The average Bonchev–Trinajstić information content (AvgIpc) is 2.28. The number of piperazine rings is 1. The number of hydrogen-bond donors (Lipinski definition) is 2. The van der Waals surface area contributed by atoms with Crippen LogP contribution < -0.4 is 10.6 Å². The van der Waals surface area contributed by atoms with Crippen LogP contribution in [0.25, 0.3) is 0 Å². The van der Waals surface area contributed by atoms with Gasteiger partial charge in [-0.05, 0) is 31.1 Å². The summed E-state index contributed by atoms with van der Waals surface area (Å²) in [7, 11) is 0. The topological polar surface area (TPSA) is 67.4 Å². The Bertz CT molecular complexity index is 312. The maximum Gasteiger partial charge on any atom is 0.325 e. The Hall–Kier alpha value is -1.10. The summed E-state index contributed by atoms with van der Waals surface area (Å²) in [4.78, 5) is 22.9. The first-order valence-corrected chi connectivity index (χ1v) is 6.75. The molecule has 0 aromatic carbocycles. The Balaban J connectivity index is 1.81. The van der Waals surface area contributed by atoms with Crippen LogP contribution in [0.4, 0.5) is 0 Å². The van der Waals surface area contributed by atoms with Gasteiger partial charge in [-0.3, -0.25) is 14.9 Å². The zero-order valence-corrected chi connectivity index (χ0v) is 11.1. The van der Waals surface area contributed by atoms with Gasteiger partial charge in [0.1, 0.15) is 12.1 Å². The van der Waals surface area contributed by atoms with Crippen LogP contribution in [0.15, 0.2) is 0 Å². The van der Waals surface area contributed by atoms with Gasteiger partial charge in [0, 0.05) is 6.54 Å². The fourth-order valence-electron chi connectivity index (χ4n) is 2.95. The number of esters is 1. The molecule has 102 valence electrons. The Morgan fingerprint density at radius 2 is 1.89 bits per heavy atom. The second kappa shape index (κ2) is 5.69. The molecule has 0 radical (unpaired) electrons. The molecule has 0 aromatic rings. The van der Waals surface area contributed by atoms with E-state index in [0.29, 0.717) is 18.4 Å². The predicted molar refractivity (Wildman–Crippen MR) is 66.9 cm³/mol. The third-order valence-corrected chi connectivity index (χ3v) is 3.71. The molecule has 5 nitrogen and oxygen atoms in total. The van der Waals surface area contributed by atoms with Crippen molar-refractivity contribution in [2.24, 2.45) is 11.8 Å². The van der Waals surface area contributed by atoms with Gasteiger partial charge in [0.15, 0.2) is 0 Å². The van der Waals surface area contributed by atoms with Crippen molar-refractivity contribution >= 4 is 11.9 Å². The summed E-state index contributed by atoms with van der Waals surface area (Å²) >= 11 is 0. The molecule has 1 saturated heterocycles. The minimum Gasteiger partial charge on any atom is -0.461 e. The summed E-state index contributed by atoms with van der Waals surface area (Å²) in [5.74, 6) is 0.927. The van der Waals surface area contributed by atoms with Gasteiger partial charge in [0.05, 0.1) is 6.54 Å². The molecule has 3 unspecified atom stereocenters. The van der Waals surface area contributed by atoms with Crippen molar-refractivity contribution in [3.05, 3.63) is 0 Å². The van der Waals surface area contributed by atoms with E-state index in [1.807, 2.05) is 0 Å². The third kappa shape index (κ3) is 3.45. The molecular weight excluding hydrogens is 232 g/mol. The quantitative estimate of drug-likeness (QED) is 0.702. The molecule has 1 saturated carbocycles. The molecule has 5 heteroatoms. The molecule has 18 heavy (non-hydrogen) atoms. The summed E-state index contributed by atoms with van der Waals surface area (Å²) in [6.07, 6.45) is 3.16. The van der Waals surface area contributed by atoms with Crippen LogP contribution in [0.3, 0.4) is 0 Å². The van der Waals surface area contributed by atoms with Crippen molar-refractivity contribution in [1.82, 2.24) is 10.6 Å². The van der Waals surface area contributed by atoms with Crippen LogP contribution in [-0.4, -0.2) is 37.1 Å². The van der Waals surface area contributed by atoms with Crippen LogP contribution in [-0.2, 0) is 14.3 Å². The van der Waals surface area contributed by atoms with E-state index in [0.717, 1.165) is 12.8 Å². The summed E-state index contributed by atoms with van der Waals surface area (Å²) in [5, 5.41) is 5.56. The van der Waals surface area contributed by atoms with E-state index < -0.39 is 6.04 Å². The lowest BCUT2D eigenvalue weighted by molar-refractivity contribution is -0.155. The highest BCUT2D eigenvalue weighted by molar-refractivity contribution is 5.83. The second-order valence-corrected chi connectivity index (χ2v) is 5.71. The lowest BCUT2D eigenvalue weighted by Gasteiger charge is -2.32. The number of nitrogens with one attached hydrogen (secondary N) is 2. The SMILES string of the molecule is CC1CC(C)CC(OC(=O)C2CNC(=O)CN2)C1. The first-order chi connectivity index (χ1) is 8.54. The van der Waals surface area contributed by atoms with Crippen LogP contribution in [0.5, 0.6) is 0 Å². The van der Waals surface area contributed by atoms with Crippen molar-refractivity contribution < 1.29 is 14.3 Å². The number of carbonyl (C=O) groups excluding carboxylic acids is 2. The summed E-state index contributed by atoms with van der Waals surface area (Å²) < 4.78 is 5.55. The smallest absolute Gasteiger partial charge is 0.325 e. The average molecular weight is 254 g/mol. The van der Waals surface area contributed by atoms with Crippen molar-refractivity contribution in [3.8, 4) is 0 Å². The van der Waals surface area contributed by atoms with Gasteiger partial charge in [-0.15, -0.1) is 0 Å². The lowest BCUT2D eigenvalue weighted by atomic mass is 9.82. The fraction of sp³-hybridized carbons (Fsp3) is 0.846. The van der Waals surface area contributed by atoms with E-state index in [2.05, 4.69) is 24.5 Å². The molecule has 2 aliphatic rings. The van der Waals surface area contributed by atoms with Crippen molar-refractivity contribution in [1.29, 1.82) is 0 Å². The molecule has 0 spiro atoms. The number of hydrogen-bond acceptors (Lipinski definition) is 4. The van der Waals surface area contributed by atoms with E-state index in [9.17, 15) is 9.59 Å².